The molecule has 3 aromatic heterocycles. The van der Waals surface area contributed by atoms with Crippen molar-refractivity contribution in [3.63, 3.8) is 0 Å². The lowest BCUT2D eigenvalue weighted by atomic mass is 9.97. The largest absolute Gasteiger partial charge is 0.350 e. The van der Waals surface area contributed by atoms with Crippen molar-refractivity contribution >= 4 is 40.5 Å². The zero-order valence-corrected chi connectivity index (χ0v) is 18.5. The highest BCUT2D eigenvalue weighted by Gasteiger charge is 2.23. The van der Waals surface area contributed by atoms with Crippen molar-refractivity contribution in [2.45, 2.75) is 32.7 Å². The molecule has 0 fully saturated rings. The van der Waals surface area contributed by atoms with Crippen LogP contribution in [0.15, 0.2) is 46.7 Å². The summed E-state index contributed by atoms with van der Waals surface area (Å²) in [6, 6.07) is 5.70. The van der Waals surface area contributed by atoms with Gasteiger partial charge in [-0.15, -0.1) is 0 Å². The van der Waals surface area contributed by atoms with Crippen LogP contribution < -0.4 is 11.1 Å². The van der Waals surface area contributed by atoms with Gasteiger partial charge >= 0.3 is 0 Å². The number of pyridine rings is 1. The Morgan fingerprint density at radius 1 is 1.26 bits per heavy atom. The quantitative estimate of drug-likeness (QED) is 0.588. The number of nitrogens with zero attached hydrogens (tertiary/aromatic N) is 4. The highest BCUT2D eigenvalue weighted by molar-refractivity contribution is 6.37. The van der Waals surface area contributed by atoms with E-state index < -0.39 is 0 Å². The normalized spacial score (nSPS) is 14.1. The Hall–Kier alpha value is -2.74. The maximum Gasteiger partial charge on any atom is 0.271 e. The second kappa shape index (κ2) is 9.18. The van der Waals surface area contributed by atoms with E-state index in [2.05, 4.69) is 20.3 Å². The molecule has 7 nitrogen and oxygen atoms in total. The molecular formula is C22H22Cl2N6O. The first kappa shape index (κ1) is 21.5. The number of aryl methyl sites for hydroxylation is 1. The predicted octanol–water partition coefficient (Wildman–Crippen LogP) is 3.73. The van der Waals surface area contributed by atoms with E-state index in [4.69, 9.17) is 28.9 Å². The fraction of sp³-hybridized carbons (Fsp3) is 0.273. The topological polar surface area (TPSA) is 98.2 Å². The van der Waals surface area contributed by atoms with Gasteiger partial charge in [0, 0.05) is 58.9 Å². The minimum atomic E-state index is -0.272. The summed E-state index contributed by atoms with van der Waals surface area (Å²) in [5, 5.41) is 4.17. The van der Waals surface area contributed by atoms with Crippen LogP contribution in [0.1, 0.15) is 46.0 Å². The molecule has 0 aliphatic heterocycles. The van der Waals surface area contributed by atoms with Gasteiger partial charge in [0.2, 0.25) is 5.78 Å². The number of hydrogen-bond donors (Lipinski definition) is 2. The van der Waals surface area contributed by atoms with Crippen molar-refractivity contribution in [1.82, 2.24) is 24.7 Å². The lowest BCUT2D eigenvalue weighted by Gasteiger charge is -2.19. The van der Waals surface area contributed by atoms with E-state index in [0.717, 1.165) is 28.2 Å². The average Bonchev–Trinajstić information content (AvgIpc) is 3.17. The minimum Gasteiger partial charge on any atom is -0.350 e. The summed E-state index contributed by atoms with van der Waals surface area (Å²) in [4.78, 5) is 26.0. The molecule has 1 amide bonds. The number of amides is 1. The van der Waals surface area contributed by atoms with Crippen LogP contribution in [0.3, 0.4) is 0 Å². The van der Waals surface area contributed by atoms with Gasteiger partial charge in [0.05, 0.1) is 5.69 Å². The van der Waals surface area contributed by atoms with Crippen molar-refractivity contribution in [3.8, 4) is 0 Å². The van der Waals surface area contributed by atoms with Gasteiger partial charge in [-0.25, -0.2) is 9.97 Å². The molecule has 0 aromatic carbocycles. The summed E-state index contributed by atoms with van der Waals surface area (Å²) in [5.74, 6) is 0.156. The number of fused-ring (bicyclic) bond motifs is 1. The predicted molar refractivity (Wildman–Crippen MR) is 122 cm³/mol. The summed E-state index contributed by atoms with van der Waals surface area (Å²) < 4.78 is 1.80. The Morgan fingerprint density at radius 2 is 2.10 bits per heavy atom. The highest BCUT2D eigenvalue weighted by Crippen LogP contribution is 2.36. The van der Waals surface area contributed by atoms with Gasteiger partial charge < -0.3 is 11.1 Å². The Kier molecular flexibility index (Phi) is 6.36. The van der Waals surface area contributed by atoms with Gasteiger partial charge in [-0.3, -0.25) is 14.2 Å². The Morgan fingerprint density at radius 3 is 2.81 bits per heavy atom. The molecule has 0 radical (unpaired) electrons. The molecule has 3 aromatic rings. The van der Waals surface area contributed by atoms with Crippen LogP contribution in [0.2, 0.25) is 0 Å². The third-order valence-electron chi connectivity index (χ3n) is 5.22. The van der Waals surface area contributed by atoms with E-state index in [1.807, 2.05) is 25.1 Å². The zero-order valence-electron chi connectivity index (χ0n) is 17.0. The molecule has 1 aliphatic rings. The molecule has 160 valence electrons. The Balaban J connectivity index is 1.67. The number of halogens is 2. The second-order valence-corrected chi connectivity index (χ2v) is 8.16. The fourth-order valence-electron chi connectivity index (χ4n) is 3.66. The van der Waals surface area contributed by atoms with E-state index in [-0.39, 0.29) is 11.6 Å². The highest BCUT2D eigenvalue weighted by atomic mass is 35.5. The number of hydrogen-bond acceptors (Lipinski definition) is 5. The van der Waals surface area contributed by atoms with Crippen molar-refractivity contribution in [2.75, 3.05) is 6.54 Å². The van der Waals surface area contributed by atoms with E-state index in [9.17, 15) is 4.79 Å². The average molecular weight is 457 g/mol. The first-order valence-corrected chi connectivity index (χ1v) is 10.8. The SMILES string of the molecule is Cc1nc2nc(C(=O)NCCc3ccccn3)cn2c(C2=C(Cl)C=C(Cl)CC2)c1CN. The number of carbonyl (C=O) groups excluding carboxylic acids is 1. The maximum atomic E-state index is 12.7. The number of aromatic nitrogens is 4. The maximum absolute atomic E-state index is 12.7. The van der Waals surface area contributed by atoms with Gasteiger partial charge in [-0.2, -0.15) is 0 Å². The molecule has 9 heteroatoms. The molecule has 4 rings (SSSR count). The monoisotopic (exact) mass is 456 g/mol. The van der Waals surface area contributed by atoms with Crippen LogP contribution in [-0.2, 0) is 13.0 Å². The molecule has 0 saturated heterocycles. The van der Waals surface area contributed by atoms with E-state index in [0.29, 0.717) is 48.2 Å². The van der Waals surface area contributed by atoms with Crippen LogP contribution >= 0.6 is 23.2 Å². The van der Waals surface area contributed by atoms with E-state index >= 15 is 0 Å². The summed E-state index contributed by atoms with van der Waals surface area (Å²) in [6.45, 7) is 2.63. The molecule has 31 heavy (non-hydrogen) atoms. The van der Waals surface area contributed by atoms with Crippen molar-refractivity contribution in [3.05, 3.63) is 75.1 Å². The number of carbonyl (C=O) groups is 1. The summed E-state index contributed by atoms with van der Waals surface area (Å²) in [7, 11) is 0. The summed E-state index contributed by atoms with van der Waals surface area (Å²) >= 11 is 12.7. The number of imidazole rings is 1. The van der Waals surface area contributed by atoms with Crippen molar-refractivity contribution in [2.24, 2.45) is 5.73 Å². The summed E-state index contributed by atoms with van der Waals surface area (Å²) in [5.41, 5.74) is 10.6. The number of nitrogens with one attached hydrogen (secondary N) is 1. The summed E-state index contributed by atoms with van der Waals surface area (Å²) in [6.07, 6.45) is 7.17. The lowest BCUT2D eigenvalue weighted by molar-refractivity contribution is 0.0949. The van der Waals surface area contributed by atoms with Crippen LogP contribution in [0.5, 0.6) is 0 Å². The van der Waals surface area contributed by atoms with Crippen molar-refractivity contribution in [1.29, 1.82) is 0 Å². The molecule has 3 heterocycles. The fourth-order valence-corrected chi connectivity index (χ4v) is 4.24. The third kappa shape index (κ3) is 4.49. The third-order valence-corrected chi connectivity index (χ3v) is 5.85. The Labute approximate surface area is 190 Å². The minimum absolute atomic E-state index is 0.272. The second-order valence-electron chi connectivity index (χ2n) is 7.27. The van der Waals surface area contributed by atoms with Gasteiger partial charge in [-0.05, 0) is 43.5 Å². The molecule has 1 aliphatic carbocycles. The molecule has 0 atom stereocenters. The standard InChI is InChI=1S/C22H22Cl2N6O/c1-13-17(11-25)20(16-6-5-14(23)10-18(16)24)30-12-19(29-22(30)28-13)21(31)27-9-7-15-4-2-3-8-26-15/h2-4,8,10,12H,5-7,9,11,25H2,1H3,(H,27,31). The molecule has 0 unspecified atom stereocenters. The Bertz CT molecular complexity index is 1200. The van der Waals surface area contributed by atoms with Crippen LogP contribution in [0.25, 0.3) is 11.4 Å². The number of nitrogens with two attached hydrogens (primary N) is 1. The molecule has 0 saturated carbocycles. The molecule has 0 bridgehead atoms. The van der Waals surface area contributed by atoms with Gasteiger partial charge in [0.1, 0.15) is 5.69 Å². The lowest BCUT2D eigenvalue weighted by Crippen LogP contribution is -2.26. The number of allylic oxidation sites excluding steroid dienone is 4. The van der Waals surface area contributed by atoms with E-state index in [1.165, 1.54) is 0 Å². The van der Waals surface area contributed by atoms with Gasteiger partial charge in [-0.1, -0.05) is 29.3 Å². The molecule has 3 N–H and O–H groups in total. The first-order valence-electron chi connectivity index (χ1n) is 9.99. The van der Waals surface area contributed by atoms with Crippen molar-refractivity contribution < 1.29 is 4.79 Å². The zero-order chi connectivity index (χ0) is 22.0. The molecule has 0 spiro atoms. The molecular weight excluding hydrogens is 435 g/mol. The van der Waals surface area contributed by atoms with Gasteiger partial charge in [0.15, 0.2) is 0 Å². The van der Waals surface area contributed by atoms with Crippen LogP contribution in [0.4, 0.5) is 0 Å². The van der Waals surface area contributed by atoms with E-state index in [1.54, 1.807) is 22.9 Å². The van der Waals surface area contributed by atoms with Crippen LogP contribution in [0, 0.1) is 6.92 Å². The van der Waals surface area contributed by atoms with Gasteiger partial charge in [0.25, 0.3) is 5.91 Å². The first-order chi connectivity index (χ1) is 15.0. The van der Waals surface area contributed by atoms with Crippen LogP contribution in [-0.4, -0.2) is 31.8 Å². The number of rotatable bonds is 6. The smallest absolute Gasteiger partial charge is 0.271 e.